The molecule has 1 aliphatic heterocycles. The van der Waals surface area contributed by atoms with Crippen LogP contribution in [0, 0.1) is 11.8 Å². The first-order valence-corrected chi connectivity index (χ1v) is 8.77. The summed E-state index contributed by atoms with van der Waals surface area (Å²) in [6.07, 6.45) is 3.51. The second-order valence-electron chi connectivity index (χ2n) is 6.86. The van der Waals surface area contributed by atoms with Crippen LogP contribution in [-0.2, 0) is 6.42 Å². The molecule has 0 saturated carbocycles. The quantitative estimate of drug-likeness (QED) is 0.852. The number of amides is 1. The molecule has 1 saturated heterocycles. The number of hydrogen-bond acceptors (Lipinski definition) is 5. The molecule has 1 fully saturated rings. The predicted molar refractivity (Wildman–Crippen MR) is 93.9 cm³/mol. The van der Waals surface area contributed by atoms with E-state index >= 15 is 0 Å². The van der Waals surface area contributed by atoms with Crippen molar-refractivity contribution in [3.63, 3.8) is 0 Å². The van der Waals surface area contributed by atoms with Gasteiger partial charge >= 0.3 is 0 Å². The molecule has 0 aromatic carbocycles. The number of ether oxygens (including phenoxy) is 1. The van der Waals surface area contributed by atoms with Crippen molar-refractivity contribution >= 4 is 5.91 Å². The third-order valence-corrected chi connectivity index (χ3v) is 4.64. The Morgan fingerprint density at radius 1 is 1.24 bits per heavy atom. The lowest BCUT2D eigenvalue weighted by atomic mass is 9.91. The number of methoxy groups -OCH3 is 1. The van der Waals surface area contributed by atoms with E-state index < -0.39 is 0 Å². The summed E-state index contributed by atoms with van der Waals surface area (Å²) >= 11 is 0. The maximum absolute atomic E-state index is 13.0. The Kier molecular flexibility index (Phi) is 5.01. The van der Waals surface area contributed by atoms with Crippen molar-refractivity contribution in [3.05, 3.63) is 29.6 Å². The number of carbonyl (C=O) groups is 1. The average molecular weight is 343 g/mol. The minimum Gasteiger partial charge on any atom is -0.480 e. The molecule has 1 amide bonds. The van der Waals surface area contributed by atoms with Crippen molar-refractivity contribution in [2.24, 2.45) is 11.8 Å². The van der Waals surface area contributed by atoms with Gasteiger partial charge in [0.15, 0.2) is 5.82 Å². The molecule has 25 heavy (non-hydrogen) atoms. The number of rotatable bonds is 4. The van der Waals surface area contributed by atoms with Gasteiger partial charge in [-0.2, -0.15) is 5.10 Å². The van der Waals surface area contributed by atoms with Crippen molar-refractivity contribution in [2.75, 3.05) is 20.2 Å². The molecule has 0 N–H and O–H groups in total. The topological polar surface area (TPSA) is 73.1 Å². The molecular formula is C18H25N5O2. The lowest BCUT2D eigenvalue weighted by Gasteiger charge is -2.35. The van der Waals surface area contributed by atoms with Gasteiger partial charge in [0.1, 0.15) is 0 Å². The Labute approximate surface area is 148 Å². The van der Waals surface area contributed by atoms with Gasteiger partial charge in [-0.3, -0.25) is 4.79 Å². The van der Waals surface area contributed by atoms with E-state index in [-0.39, 0.29) is 5.91 Å². The molecule has 0 bridgehead atoms. The molecule has 7 heteroatoms. The van der Waals surface area contributed by atoms with E-state index in [1.165, 1.54) is 6.42 Å². The molecule has 7 nitrogen and oxygen atoms in total. The molecule has 0 radical (unpaired) electrons. The largest absolute Gasteiger partial charge is 0.480 e. The van der Waals surface area contributed by atoms with Gasteiger partial charge in [0.25, 0.3) is 5.91 Å². The molecule has 3 heterocycles. The fourth-order valence-electron chi connectivity index (χ4n) is 3.62. The van der Waals surface area contributed by atoms with E-state index in [0.717, 1.165) is 18.8 Å². The fourth-order valence-corrected chi connectivity index (χ4v) is 3.62. The number of piperidine rings is 1. The summed E-state index contributed by atoms with van der Waals surface area (Å²) < 4.78 is 6.73. The minimum atomic E-state index is 0.0583. The smallest absolute Gasteiger partial charge is 0.257 e. The van der Waals surface area contributed by atoms with E-state index in [9.17, 15) is 4.79 Å². The molecule has 2 aromatic heterocycles. The van der Waals surface area contributed by atoms with Crippen molar-refractivity contribution in [3.8, 4) is 11.7 Å². The number of aromatic nitrogens is 4. The summed E-state index contributed by atoms with van der Waals surface area (Å²) in [7, 11) is 1.55. The summed E-state index contributed by atoms with van der Waals surface area (Å²) in [5, 5.41) is 12.5. The van der Waals surface area contributed by atoms with Crippen LogP contribution in [0.2, 0.25) is 0 Å². The van der Waals surface area contributed by atoms with Crippen LogP contribution in [0.3, 0.4) is 0 Å². The first kappa shape index (κ1) is 17.4. The standard InChI is InChI=1S/C18H25N5O2/c1-5-15-14(18(24)22-10-12(2)8-13(3)11-22)9-19-23(15)16-6-7-17(25-4)21-20-16/h6-7,9,12-13H,5,8,10-11H2,1-4H3/t12-,13-/m0/s1. The zero-order valence-corrected chi connectivity index (χ0v) is 15.3. The Morgan fingerprint density at radius 2 is 1.96 bits per heavy atom. The molecule has 0 spiro atoms. The molecule has 2 atom stereocenters. The fraction of sp³-hybridized carbons (Fsp3) is 0.556. The Balaban J connectivity index is 1.89. The van der Waals surface area contributed by atoms with Crippen LogP contribution in [0.5, 0.6) is 5.88 Å². The van der Waals surface area contributed by atoms with Gasteiger partial charge in [0.05, 0.1) is 24.6 Å². The van der Waals surface area contributed by atoms with Crippen LogP contribution in [0.1, 0.15) is 43.2 Å². The molecule has 2 aromatic rings. The third-order valence-electron chi connectivity index (χ3n) is 4.64. The second-order valence-corrected chi connectivity index (χ2v) is 6.86. The highest BCUT2D eigenvalue weighted by Gasteiger charge is 2.28. The minimum absolute atomic E-state index is 0.0583. The van der Waals surface area contributed by atoms with Gasteiger partial charge in [-0.05, 0) is 30.7 Å². The molecule has 0 aliphatic carbocycles. The van der Waals surface area contributed by atoms with Crippen LogP contribution in [0.15, 0.2) is 18.3 Å². The van der Waals surface area contributed by atoms with E-state index in [0.29, 0.717) is 35.5 Å². The summed E-state index contributed by atoms with van der Waals surface area (Å²) in [5.74, 6) is 2.14. The molecular weight excluding hydrogens is 318 g/mol. The second kappa shape index (κ2) is 7.21. The average Bonchev–Trinajstić information content (AvgIpc) is 3.04. The van der Waals surface area contributed by atoms with Crippen LogP contribution >= 0.6 is 0 Å². The molecule has 1 aliphatic rings. The van der Waals surface area contributed by atoms with Gasteiger partial charge in [-0.1, -0.05) is 20.8 Å². The maximum atomic E-state index is 13.0. The number of nitrogens with zero attached hydrogens (tertiary/aromatic N) is 5. The van der Waals surface area contributed by atoms with Gasteiger partial charge in [0, 0.05) is 19.2 Å². The van der Waals surface area contributed by atoms with Crippen LogP contribution in [0.25, 0.3) is 5.82 Å². The zero-order chi connectivity index (χ0) is 18.0. The van der Waals surface area contributed by atoms with Crippen molar-refractivity contribution in [2.45, 2.75) is 33.6 Å². The van der Waals surface area contributed by atoms with Crippen LogP contribution < -0.4 is 4.74 Å². The zero-order valence-electron chi connectivity index (χ0n) is 15.3. The molecule has 3 rings (SSSR count). The highest BCUT2D eigenvalue weighted by Crippen LogP contribution is 2.24. The summed E-state index contributed by atoms with van der Waals surface area (Å²) in [5.41, 5.74) is 1.51. The number of likely N-dealkylation sites (tertiary alicyclic amines) is 1. The maximum Gasteiger partial charge on any atom is 0.257 e. The van der Waals surface area contributed by atoms with Crippen LogP contribution in [-0.4, -0.2) is 51.0 Å². The van der Waals surface area contributed by atoms with Crippen LogP contribution in [0.4, 0.5) is 0 Å². The SMILES string of the molecule is CCc1c(C(=O)N2C[C@@H](C)C[C@H](C)C2)cnn1-c1ccc(OC)nn1. The van der Waals surface area contributed by atoms with E-state index in [2.05, 4.69) is 29.1 Å². The molecule has 0 unspecified atom stereocenters. The summed E-state index contributed by atoms with van der Waals surface area (Å²) in [4.78, 5) is 15.0. The van der Waals surface area contributed by atoms with Crippen molar-refractivity contribution in [1.82, 2.24) is 24.9 Å². The first-order chi connectivity index (χ1) is 12.0. The normalized spacial score (nSPS) is 20.6. The third kappa shape index (κ3) is 3.50. The van der Waals surface area contributed by atoms with E-state index in [1.807, 2.05) is 11.8 Å². The van der Waals surface area contributed by atoms with E-state index in [4.69, 9.17) is 4.74 Å². The van der Waals surface area contributed by atoms with Gasteiger partial charge in [-0.15, -0.1) is 10.2 Å². The van der Waals surface area contributed by atoms with E-state index in [1.54, 1.807) is 30.1 Å². The Hall–Kier alpha value is -2.44. The van der Waals surface area contributed by atoms with Crippen molar-refractivity contribution < 1.29 is 9.53 Å². The monoisotopic (exact) mass is 343 g/mol. The number of hydrogen-bond donors (Lipinski definition) is 0. The first-order valence-electron chi connectivity index (χ1n) is 8.77. The molecule has 134 valence electrons. The van der Waals surface area contributed by atoms with Gasteiger partial charge < -0.3 is 9.64 Å². The Morgan fingerprint density at radius 3 is 2.52 bits per heavy atom. The highest BCUT2D eigenvalue weighted by atomic mass is 16.5. The lowest BCUT2D eigenvalue weighted by molar-refractivity contribution is 0.0622. The van der Waals surface area contributed by atoms with Gasteiger partial charge in [-0.25, -0.2) is 4.68 Å². The number of carbonyl (C=O) groups excluding carboxylic acids is 1. The lowest BCUT2D eigenvalue weighted by Crippen LogP contribution is -2.42. The predicted octanol–water partition coefficient (Wildman–Crippen LogP) is 2.35. The summed E-state index contributed by atoms with van der Waals surface area (Å²) in [6, 6.07) is 3.52. The van der Waals surface area contributed by atoms with Crippen molar-refractivity contribution in [1.29, 1.82) is 0 Å². The highest BCUT2D eigenvalue weighted by molar-refractivity contribution is 5.95. The Bertz CT molecular complexity index is 730. The van der Waals surface area contributed by atoms with Gasteiger partial charge in [0.2, 0.25) is 5.88 Å². The summed E-state index contributed by atoms with van der Waals surface area (Å²) in [6.45, 7) is 8.03.